The molecule has 1 aliphatic carbocycles. The van der Waals surface area contributed by atoms with Crippen molar-refractivity contribution in [2.45, 2.75) is 63.1 Å². The number of aliphatic hydroxyl groups excluding tert-OH is 2. The molecular formula is C36H38N2O5. The zero-order valence-corrected chi connectivity index (χ0v) is 24.1. The number of rotatable bonds is 12. The predicted octanol–water partition coefficient (Wildman–Crippen LogP) is 5.35. The maximum absolute atomic E-state index is 13.8. The number of fused-ring (bicyclic) bond motifs is 1. The zero-order chi connectivity index (χ0) is 30.0. The van der Waals surface area contributed by atoms with Crippen molar-refractivity contribution >= 4 is 12.0 Å². The first kappa shape index (κ1) is 30.0. The number of nitrogens with zero attached hydrogens (tertiary/aromatic N) is 1. The standard InChI is InChI=1S/C36H38N2O5/c39-32(31(22-26-12-4-1-5-13-26)37-36(42)43-25-28-16-8-3-9-17-28)20-21-34(41)38(24-27-14-6-2-7-15-27)35-30-19-11-10-18-29(30)23-33(35)40/h1-19,31-33,35,39-40H,20-25H2,(H,37,42)/t31-,32-,33+,35-/m0/s1. The van der Waals surface area contributed by atoms with E-state index < -0.39 is 30.4 Å². The highest BCUT2D eigenvalue weighted by atomic mass is 16.5. The average molecular weight is 579 g/mol. The summed E-state index contributed by atoms with van der Waals surface area (Å²) >= 11 is 0. The lowest BCUT2D eigenvalue weighted by Crippen LogP contribution is -2.46. The van der Waals surface area contributed by atoms with Crippen LogP contribution in [0.4, 0.5) is 4.79 Å². The molecule has 2 amide bonds. The summed E-state index contributed by atoms with van der Waals surface area (Å²) in [7, 11) is 0. The number of aliphatic hydroxyl groups is 2. The summed E-state index contributed by atoms with van der Waals surface area (Å²) < 4.78 is 5.43. The number of nitrogens with one attached hydrogen (secondary N) is 1. The van der Waals surface area contributed by atoms with Crippen molar-refractivity contribution in [1.82, 2.24) is 10.2 Å². The molecule has 0 saturated heterocycles. The predicted molar refractivity (Wildman–Crippen MR) is 165 cm³/mol. The average Bonchev–Trinajstić information content (AvgIpc) is 3.37. The fraction of sp³-hybridized carbons (Fsp3) is 0.278. The highest BCUT2D eigenvalue weighted by Crippen LogP contribution is 2.37. The lowest BCUT2D eigenvalue weighted by atomic mass is 9.97. The second-order valence-corrected chi connectivity index (χ2v) is 11.0. The molecule has 7 heteroatoms. The van der Waals surface area contributed by atoms with Gasteiger partial charge in [0, 0.05) is 19.4 Å². The number of carbonyl (C=O) groups is 2. The minimum Gasteiger partial charge on any atom is -0.445 e. The highest BCUT2D eigenvalue weighted by molar-refractivity contribution is 5.77. The van der Waals surface area contributed by atoms with Gasteiger partial charge in [0.1, 0.15) is 6.61 Å². The first-order valence-electron chi connectivity index (χ1n) is 14.8. The topological polar surface area (TPSA) is 99.1 Å². The van der Waals surface area contributed by atoms with Crippen LogP contribution in [0.1, 0.15) is 46.7 Å². The van der Waals surface area contributed by atoms with Crippen LogP contribution >= 0.6 is 0 Å². The van der Waals surface area contributed by atoms with Crippen LogP contribution in [-0.2, 0) is 35.5 Å². The summed E-state index contributed by atoms with van der Waals surface area (Å²) in [5.41, 5.74) is 4.74. The summed E-state index contributed by atoms with van der Waals surface area (Å²) in [5.74, 6) is -0.172. The normalized spacial score (nSPS) is 17.0. The molecule has 43 heavy (non-hydrogen) atoms. The van der Waals surface area contributed by atoms with Gasteiger partial charge in [-0.3, -0.25) is 4.79 Å². The Hall–Kier alpha value is -4.46. The lowest BCUT2D eigenvalue weighted by Gasteiger charge is -2.33. The van der Waals surface area contributed by atoms with Gasteiger partial charge in [-0.05, 0) is 40.7 Å². The van der Waals surface area contributed by atoms with Gasteiger partial charge in [-0.2, -0.15) is 0 Å². The highest BCUT2D eigenvalue weighted by Gasteiger charge is 2.38. The summed E-state index contributed by atoms with van der Waals surface area (Å²) in [5, 5.41) is 25.2. The third-order valence-corrected chi connectivity index (χ3v) is 7.95. The molecule has 0 heterocycles. The van der Waals surface area contributed by atoms with Gasteiger partial charge in [-0.25, -0.2) is 4.79 Å². The molecule has 0 unspecified atom stereocenters. The zero-order valence-electron chi connectivity index (χ0n) is 24.1. The second kappa shape index (κ2) is 14.6. The fourth-order valence-electron chi connectivity index (χ4n) is 5.73. The van der Waals surface area contributed by atoms with Gasteiger partial charge >= 0.3 is 6.09 Å². The van der Waals surface area contributed by atoms with Crippen LogP contribution in [0, 0.1) is 0 Å². The quantitative estimate of drug-likeness (QED) is 0.211. The Kier molecular flexibility index (Phi) is 10.2. The Labute approximate surface area is 252 Å². The van der Waals surface area contributed by atoms with E-state index in [0.29, 0.717) is 19.4 Å². The Bertz CT molecular complexity index is 1460. The molecule has 0 aliphatic heterocycles. The van der Waals surface area contributed by atoms with Crippen molar-refractivity contribution in [1.29, 1.82) is 0 Å². The van der Waals surface area contributed by atoms with Crippen molar-refractivity contribution in [3.05, 3.63) is 143 Å². The van der Waals surface area contributed by atoms with E-state index in [4.69, 9.17) is 4.74 Å². The molecular weight excluding hydrogens is 540 g/mol. The van der Waals surface area contributed by atoms with Gasteiger partial charge in [-0.15, -0.1) is 0 Å². The minimum absolute atomic E-state index is 0.0470. The number of amides is 2. The molecule has 0 aromatic heterocycles. The molecule has 0 fully saturated rings. The van der Waals surface area contributed by atoms with E-state index in [-0.39, 0.29) is 25.4 Å². The van der Waals surface area contributed by atoms with Crippen LogP contribution in [0.2, 0.25) is 0 Å². The maximum Gasteiger partial charge on any atom is 0.407 e. The van der Waals surface area contributed by atoms with Crippen molar-refractivity contribution in [2.24, 2.45) is 0 Å². The molecule has 0 spiro atoms. The largest absolute Gasteiger partial charge is 0.445 e. The van der Waals surface area contributed by atoms with Crippen LogP contribution in [0.25, 0.3) is 0 Å². The number of ether oxygens (including phenoxy) is 1. The molecule has 3 N–H and O–H groups in total. The third-order valence-electron chi connectivity index (χ3n) is 7.95. The molecule has 0 bridgehead atoms. The van der Waals surface area contributed by atoms with Crippen LogP contribution in [-0.4, -0.2) is 45.4 Å². The first-order chi connectivity index (χ1) is 21.0. The summed E-state index contributed by atoms with van der Waals surface area (Å²) in [6, 6.07) is 35.4. The van der Waals surface area contributed by atoms with E-state index >= 15 is 0 Å². The smallest absolute Gasteiger partial charge is 0.407 e. The van der Waals surface area contributed by atoms with Gasteiger partial charge in [0.25, 0.3) is 0 Å². The number of hydrogen-bond donors (Lipinski definition) is 3. The van der Waals surface area contributed by atoms with E-state index in [1.54, 1.807) is 4.90 Å². The number of carbonyl (C=O) groups excluding carboxylic acids is 2. The van der Waals surface area contributed by atoms with E-state index in [2.05, 4.69) is 5.32 Å². The molecule has 5 rings (SSSR count). The van der Waals surface area contributed by atoms with Gasteiger partial charge in [0.15, 0.2) is 0 Å². The van der Waals surface area contributed by atoms with Crippen molar-refractivity contribution < 1.29 is 24.5 Å². The Morgan fingerprint density at radius 3 is 2.07 bits per heavy atom. The summed E-state index contributed by atoms with van der Waals surface area (Å²) in [4.78, 5) is 28.3. The van der Waals surface area contributed by atoms with E-state index in [1.165, 1.54) is 0 Å². The van der Waals surface area contributed by atoms with Gasteiger partial charge in [0.2, 0.25) is 5.91 Å². The minimum atomic E-state index is -1.01. The molecule has 0 radical (unpaired) electrons. The van der Waals surface area contributed by atoms with Gasteiger partial charge in [-0.1, -0.05) is 115 Å². The Balaban J connectivity index is 1.28. The number of alkyl carbamates (subject to hydrolysis) is 1. The summed E-state index contributed by atoms with van der Waals surface area (Å²) in [6.45, 7) is 0.447. The molecule has 7 nitrogen and oxygen atoms in total. The monoisotopic (exact) mass is 578 g/mol. The second-order valence-electron chi connectivity index (χ2n) is 11.0. The van der Waals surface area contributed by atoms with E-state index in [0.717, 1.165) is 27.8 Å². The van der Waals surface area contributed by atoms with Crippen LogP contribution in [0.5, 0.6) is 0 Å². The van der Waals surface area contributed by atoms with Crippen LogP contribution < -0.4 is 5.32 Å². The molecule has 4 aromatic rings. The Morgan fingerprint density at radius 2 is 1.40 bits per heavy atom. The molecule has 4 aromatic carbocycles. The SMILES string of the molecule is O=C(N[C@@H](Cc1ccccc1)[C@@H](O)CCC(=O)N(Cc1ccccc1)[C@H]1c2ccccc2C[C@H]1O)OCc1ccccc1. The number of benzene rings is 4. The Morgan fingerprint density at radius 1 is 0.814 bits per heavy atom. The lowest BCUT2D eigenvalue weighted by molar-refractivity contribution is -0.137. The molecule has 4 atom stereocenters. The van der Waals surface area contributed by atoms with Gasteiger partial charge in [0.05, 0.1) is 24.3 Å². The van der Waals surface area contributed by atoms with Crippen molar-refractivity contribution in [2.75, 3.05) is 0 Å². The third kappa shape index (κ3) is 8.09. The maximum atomic E-state index is 13.8. The number of hydrogen-bond acceptors (Lipinski definition) is 5. The van der Waals surface area contributed by atoms with Crippen molar-refractivity contribution in [3.8, 4) is 0 Å². The molecule has 1 aliphatic rings. The van der Waals surface area contributed by atoms with Crippen LogP contribution in [0.3, 0.4) is 0 Å². The molecule has 222 valence electrons. The fourth-order valence-corrected chi connectivity index (χ4v) is 5.73. The first-order valence-corrected chi connectivity index (χ1v) is 14.8. The van der Waals surface area contributed by atoms with E-state index in [9.17, 15) is 19.8 Å². The van der Waals surface area contributed by atoms with Crippen molar-refractivity contribution in [3.63, 3.8) is 0 Å². The van der Waals surface area contributed by atoms with Crippen LogP contribution in [0.15, 0.2) is 115 Å². The van der Waals surface area contributed by atoms with E-state index in [1.807, 2.05) is 115 Å². The van der Waals surface area contributed by atoms with Gasteiger partial charge < -0.3 is 25.2 Å². The molecule has 0 saturated carbocycles. The summed E-state index contributed by atoms with van der Waals surface area (Å²) in [6.07, 6.45) is -1.33.